The van der Waals surface area contributed by atoms with Crippen LogP contribution >= 0.6 is 0 Å². The van der Waals surface area contributed by atoms with E-state index in [9.17, 15) is 13.2 Å². The third kappa shape index (κ3) is 10.3. The molecule has 0 amide bonds. The number of hydrogen-bond acceptors (Lipinski definition) is 3. The molecule has 0 aromatic carbocycles. The Bertz CT molecular complexity index is 381. The molecule has 126 valence electrons. The van der Waals surface area contributed by atoms with Crippen LogP contribution in [-0.2, 0) is 14.2 Å². The lowest BCUT2D eigenvalue weighted by Crippen LogP contribution is -2.21. The summed E-state index contributed by atoms with van der Waals surface area (Å²) in [5.74, 6) is 1.30. The Hall–Kier alpha value is -1.43. The molecule has 0 radical (unpaired) electrons. The fraction of sp³-hybridized carbons (Fsp3) is 0.625. The first-order valence-electron chi connectivity index (χ1n) is 7.34. The maximum atomic E-state index is 11.8. The molecule has 1 fully saturated rings. The average molecular weight is 320 g/mol. The van der Waals surface area contributed by atoms with E-state index in [-0.39, 0.29) is 0 Å². The molecule has 0 aromatic heterocycles. The highest BCUT2D eigenvalue weighted by molar-refractivity contribution is 5.04. The Morgan fingerprint density at radius 3 is 2.82 bits per heavy atom. The van der Waals surface area contributed by atoms with Gasteiger partial charge in [0.2, 0.25) is 0 Å². The van der Waals surface area contributed by atoms with E-state index in [2.05, 4.69) is 4.74 Å². The highest BCUT2D eigenvalue weighted by Crippen LogP contribution is 2.15. The number of ether oxygens (including phenoxy) is 3. The molecule has 0 saturated carbocycles. The average Bonchev–Trinajstić information content (AvgIpc) is 2.48. The monoisotopic (exact) mass is 320 g/mol. The Morgan fingerprint density at radius 1 is 1.32 bits per heavy atom. The van der Waals surface area contributed by atoms with Gasteiger partial charge in [0.05, 0.1) is 25.2 Å². The molecular weight excluding hydrogens is 297 g/mol. The van der Waals surface area contributed by atoms with Gasteiger partial charge in [0.1, 0.15) is 0 Å². The molecule has 6 heteroatoms. The van der Waals surface area contributed by atoms with Crippen LogP contribution in [0.2, 0.25) is 0 Å². The third-order valence-corrected chi connectivity index (χ3v) is 3.01. The normalized spacial score (nSPS) is 20.7. The predicted octanol–water partition coefficient (Wildman–Crippen LogP) is 4.37. The summed E-state index contributed by atoms with van der Waals surface area (Å²) in [5, 5.41) is 0. The van der Waals surface area contributed by atoms with E-state index in [1.54, 1.807) is 6.08 Å². The van der Waals surface area contributed by atoms with Gasteiger partial charge in [0.15, 0.2) is 6.61 Å². The molecule has 1 aliphatic rings. The number of alkyl halides is 3. The van der Waals surface area contributed by atoms with Crippen molar-refractivity contribution in [3.63, 3.8) is 0 Å². The molecule has 1 aliphatic heterocycles. The second-order valence-corrected chi connectivity index (χ2v) is 5.13. The van der Waals surface area contributed by atoms with E-state index in [0.717, 1.165) is 38.1 Å². The van der Waals surface area contributed by atoms with Crippen LogP contribution in [0.5, 0.6) is 0 Å². The van der Waals surface area contributed by atoms with Crippen LogP contribution in [0.4, 0.5) is 13.2 Å². The van der Waals surface area contributed by atoms with Gasteiger partial charge in [-0.25, -0.2) is 0 Å². The number of hydrogen-bond donors (Lipinski definition) is 0. The van der Waals surface area contributed by atoms with E-state index < -0.39 is 12.8 Å². The summed E-state index contributed by atoms with van der Waals surface area (Å²) in [4.78, 5) is 0. The van der Waals surface area contributed by atoms with Crippen molar-refractivity contribution in [3.8, 4) is 0 Å². The topological polar surface area (TPSA) is 27.7 Å². The molecule has 1 heterocycles. The molecule has 3 nitrogen and oxygen atoms in total. The largest absolute Gasteiger partial charge is 0.498 e. The Balaban J connectivity index is 2.10. The lowest BCUT2D eigenvalue weighted by molar-refractivity contribution is -0.161. The standard InChI is InChI=1S/C16H23F3O3/c1-14(22-12-15-8-6-10-20-11-15)7-4-2-3-5-9-21-13-16(17,18)19/h2-3,5,7,9,15H,4,6,8,10-13H2,1H3/b3-2-,9-5+,14-7+. The summed E-state index contributed by atoms with van der Waals surface area (Å²) in [6, 6.07) is 0. The molecule has 0 spiro atoms. The highest BCUT2D eigenvalue weighted by atomic mass is 19.4. The van der Waals surface area contributed by atoms with Gasteiger partial charge in [-0.3, -0.25) is 0 Å². The summed E-state index contributed by atoms with van der Waals surface area (Å²) in [6.07, 6.45) is 6.39. The van der Waals surface area contributed by atoms with Crippen molar-refractivity contribution in [1.29, 1.82) is 0 Å². The summed E-state index contributed by atoms with van der Waals surface area (Å²) in [6.45, 7) is 2.89. The Kier molecular flexibility index (Phi) is 8.74. The SMILES string of the molecule is C/C(=C\C/C=C\C=C\OCC(F)(F)F)OCC1CCCOC1. The molecule has 1 saturated heterocycles. The van der Waals surface area contributed by atoms with Crippen molar-refractivity contribution < 1.29 is 27.4 Å². The van der Waals surface area contributed by atoms with Gasteiger partial charge in [-0.05, 0) is 38.3 Å². The van der Waals surface area contributed by atoms with Crippen LogP contribution < -0.4 is 0 Å². The maximum absolute atomic E-state index is 11.8. The van der Waals surface area contributed by atoms with Crippen LogP contribution in [0.15, 0.2) is 36.3 Å². The van der Waals surface area contributed by atoms with Crippen molar-refractivity contribution in [2.24, 2.45) is 5.92 Å². The summed E-state index contributed by atoms with van der Waals surface area (Å²) < 4.78 is 50.7. The van der Waals surface area contributed by atoms with E-state index >= 15 is 0 Å². The smallest absolute Gasteiger partial charge is 0.422 e. The summed E-state index contributed by atoms with van der Waals surface area (Å²) in [7, 11) is 0. The maximum Gasteiger partial charge on any atom is 0.422 e. The molecular formula is C16H23F3O3. The fourth-order valence-corrected chi connectivity index (χ4v) is 1.88. The minimum Gasteiger partial charge on any atom is -0.498 e. The van der Waals surface area contributed by atoms with Crippen LogP contribution in [0, 0.1) is 5.92 Å². The minimum absolute atomic E-state index is 0.460. The minimum atomic E-state index is -4.30. The van der Waals surface area contributed by atoms with Gasteiger partial charge in [0, 0.05) is 12.5 Å². The van der Waals surface area contributed by atoms with Gasteiger partial charge in [-0.1, -0.05) is 12.2 Å². The van der Waals surface area contributed by atoms with Crippen LogP contribution in [0.25, 0.3) is 0 Å². The van der Waals surface area contributed by atoms with Gasteiger partial charge in [-0.2, -0.15) is 13.2 Å². The van der Waals surface area contributed by atoms with Gasteiger partial charge >= 0.3 is 6.18 Å². The second kappa shape index (κ2) is 10.3. The van der Waals surface area contributed by atoms with Crippen molar-refractivity contribution in [3.05, 3.63) is 36.3 Å². The van der Waals surface area contributed by atoms with E-state index in [1.165, 1.54) is 6.08 Å². The lowest BCUT2D eigenvalue weighted by atomic mass is 10.0. The van der Waals surface area contributed by atoms with Crippen molar-refractivity contribution in [2.75, 3.05) is 26.4 Å². The van der Waals surface area contributed by atoms with E-state index in [1.807, 2.05) is 19.1 Å². The zero-order valence-electron chi connectivity index (χ0n) is 12.8. The Morgan fingerprint density at radius 2 is 2.14 bits per heavy atom. The molecule has 1 unspecified atom stereocenters. The van der Waals surface area contributed by atoms with Gasteiger partial charge in [0.25, 0.3) is 0 Å². The third-order valence-electron chi connectivity index (χ3n) is 3.01. The van der Waals surface area contributed by atoms with E-state index in [4.69, 9.17) is 9.47 Å². The Labute approximate surface area is 129 Å². The summed E-state index contributed by atoms with van der Waals surface area (Å²) >= 11 is 0. The van der Waals surface area contributed by atoms with Crippen molar-refractivity contribution in [2.45, 2.75) is 32.4 Å². The molecule has 1 rings (SSSR count). The second-order valence-electron chi connectivity index (χ2n) is 5.13. The van der Waals surface area contributed by atoms with Crippen LogP contribution in [0.3, 0.4) is 0 Å². The van der Waals surface area contributed by atoms with Crippen LogP contribution in [0.1, 0.15) is 26.2 Å². The molecule has 0 bridgehead atoms. The molecule has 0 aliphatic carbocycles. The summed E-state index contributed by atoms with van der Waals surface area (Å²) in [5.41, 5.74) is 0. The molecule has 1 atom stereocenters. The first-order valence-corrected chi connectivity index (χ1v) is 7.34. The zero-order chi connectivity index (χ0) is 16.3. The fourth-order valence-electron chi connectivity index (χ4n) is 1.88. The lowest BCUT2D eigenvalue weighted by Gasteiger charge is -2.22. The van der Waals surface area contributed by atoms with Crippen LogP contribution in [-0.4, -0.2) is 32.6 Å². The highest BCUT2D eigenvalue weighted by Gasteiger charge is 2.27. The molecule has 22 heavy (non-hydrogen) atoms. The van der Waals surface area contributed by atoms with Crippen molar-refractivity contribution in [1.82, 2.24) is 0 Å². The molecule has 0 N–H and O–H groups in total. The first-order chi connectivity index (χ1) is 10.5. The first kappa shape index (κ1) is 18.6. The van der Waals surface area contributed by atoms with Gasteiger partial charge in [-0.15, -0.1) is 0 Å². The van der Waals surface area contributed by atoms with E-state index in [0.29, 0.717) is 18.9 Å². The van der Waals surface area contributed by atoms with Gasteiger partial charge < -0.3 is 14.2 Å². The predicted molar refractivity (Wildman–Crippen MR) is 78.2 cm³/mol. The quantitative estimate of drug-likeness (QED) is 0.491. The molecule has 0 aromatic rings. The number of allylic oxidation sites excluding steroid dienone is 5. The number of halogens is 3. The zero-order valence-corrected chi connectivity index (χ0v) is 12.8. The van der Waals surface area contributed by atoms with Crippen molar-refractivity contribution >= 4 is 0 Å². The number of rotatable bonds is 8.